The van der Waals surface area contributed by atoms with Crippen LogP contribution in [0.15, 0.2) is 22.7 Å². The summed E-state index contributed by atoms with van der Waals surface area (Å²) in [6.07, 6.45) is 1.09. The molecule has 0 spiro atoms. The molecule has 0 saturated carbocycles. The van der Waals surface area contributed by atoms with Crippen molar-refractivity contribution in [3.8, 4) is 5.75 Å². The average Bonchev–Trinajstić information content (AvgIpc) is 2.60. The molecule has 1 aliphatic rings. The highest BCUT2D eigenvalue weighted by molar-refractivity contribution is 9.10. The van der Waals surface area contributed by atoms with Gasteiger partial charge in [0.15, 0.2) is 0 Å². The summed E-state index contributed by atoms with van der Waals surface area (Å²) < 4.78 is 0.974. The van der Waals surface area contributed by atoms with Crippen LogP contribution in [-0.4, -0.2) is 30.1 Å². The van der Waals surface area contributed by atoms with E-state index in [0.29, 0.717) is 17.7 Å². The standard InChI is InChI=1S/C12H17BrN2O/c1-15-7-8(6-14)4-12(15)10-3-2-9(16)5-11(10)13/h2-3,5,8,12,16H,4,6-7,14H2,1H3. The van der Waals surface area contributed by atoms with Gasteiger partial charge in [-0.2, -0.15) is 0 Å². The van der Waals surface area contributed by atoms with E-state index in [1.807, 2.05) is 6.07 Å². The van der Waals surface area contributed by atoms with Gasteiger partial charge in [0.25, 0.3) is 0 Å². The minimum absolute atomic E-state index is 0.298. The van der Waals surface area contributed by atoms with Crippen LogP contribution in [0.25, 0.3) is 0 Å². The Balaban J connectivity index is 2.24. The second kappa shape index (κ2) is 4.73. The molecule has 4 heteroatoms. The van der Waals surface area contributed by atoms with Gasteiger partial charge in [0.1, 0.15) is 5.75 Å². The van der Waals surface area contributed by atoms with Gasteiger partial charge in [0, 0.05) is 17.1 Å². The Hall–Kier alpha value is -0.580. The van der Waals surface area contributed by atoms with Crippen molar-refractivity contribution in [3.63, 3.8) is 0 Å². The minimum atomic E-state index is 0.298. The Kier molecular flexibility index (Phi) is 3.52. The van der Waals surface area contributed by atoms with Crippen molar-refractivity contribution in [2.24, 2.45) is 11.7 Å². The summed E-state index contributed by atoms with van der Waals surface area (Å²) in [6, 6.07) is 5.88. The number of rotatable bonds is 2. The van der Waals surface area contributed by atoms with Crippen LogP contribution in [0.3, 0.4) is 0 Å². The molecule has 2 atom stereocenters. The Bertz CT molecular complexity index is 383. The van der Waals surface area contributed by atoms with Crippen molar-refractivity contribution in [3.05, 3.63) is 28.2 Å². The number of phenols is 1. The molecule has 1 aromatic rings. The maximum Gasteiger partial charge on any atom is 0.116 e. The minimum Gasteiger partial charge on any atom is -0.508 e. The van der Waals surface area contributed by atoms with Crippen molar-refractivity contribution in [1.82, 2.24) is 4.90 Å². The van der Waals surface area contributed by atoms with E-state index in [2.05, 4.69) is 27.9 Å². The number of nitrogens with zero attached hydrogens (tertiary/aromatic N) is 1. The molecular formula is C12H17BrN2O. The number of aromatic hydroxyl groups is 1. The molecule has 0 bridgehead atoms. The van der Waals surface area contributed by atoms with E-state index in [-0.39, 0.29) is 0 Å². The van der Waals surface area contributed by atoms with Gasteiger partial charge in [-0.1, -0.05) is 22.0 Å². The van der Waals surface area contributed by atoms with Gasteiger partial charge in [-0.15, -0.1) is 0 Å². The Morgan fingerprint density at radius 1 is 1.56 bits per heavy atom. The first-order valence-electron chi connectivity index (χ1n) is 5.50. The molecule has 0 aromatic heterocycles. The van der Waals surface area contributed by atoms with E-state index in [1.165, 1.54) is 5.56 Å². The molecule has 16 heavy (non-hydrogen) atoms. The fourth-order valence-corrected chi connectivity index (χ4v) is 3.06. The van der Waals surface area contributed by atoms with Crippen molar-refractivity contribution in [2.75, 3.05) is 20.1 Å². The second-order valence-electron chi connectivity index (χ2n) is 4.50. The van der Waals surface area contributed by atoms with E-state index in [0.717, 1.165) is 24.0 Å². The predicted octanol–water partition coefficient (Wildman–Crippen LogP) is 2.11. The average molecular weight is 285 g/mol. The maximum atomic E-state index is 9.38. The number of phenolic OH excluding ortho intramolecular Hbond substituents is 1. The number of hydrogen-bond acceptors (Lipinski definition) is 3. The summed E-state index contributed by atoms with van der Waals surface area (Å²) in [5.41, 5.74) is 6.95. The lowest BCUT2D eigenvalue weighted by atomic mass is 10.00. The van der Waals surface area contributed by atoms with Gasteiger partial charge in [0.05, 0.1) is 0 Å². The van der Waals surface area contributed by atoms with Gasteiger partial charge < -0.3 is 10.8 Å². The van der Waals surface area contributed by atoms with Crippen LogP contribution in [-0.2, 0) is 0 Å². The fourth-order valence-electron chi connectivity index (χ4n) is 2.43. The predicted molar refractivity (Wildman–Crippen MR) is 68.3 cm³/mol. The number of benzene rings is 1. The summed E-state index contributed by atoms with van der Waals surface area (Å²) in [4.78, 5) is 2.33. The summed E-state index contributed by atoms with van der Waals surface area (Å²) >= 11 is 3.51. The molecular weight excluding hydrogens is 268 g/mol. The van der Waals surface area contributed by atoms with E-state index in [9.17, 15) is 5.11 Å². The SMILES string of the molecule is CN1CC(CN)CC1c1ccc(O)cc1Br. The van der Waals surface area contributed by atoms with Gasteiger partial charge in [-0.3, -0.25) is 4.90 Å². The lowest BCUT2D eigenvalue weighted by Crippen LogP contribution is -2.20. The monoisotopic (exact) mass is 284 g/mol. The third kappa shape index (κ3) is 2.24. The van der Waals surface area contributed by atoms with Crippen LogP contribution in [0.5, 0.6) is 5.75 Å². The number of nitrogens with two attached hydrogens (primary N) is 1. The molecule has 1 fully saturated rings. The third-order valence-corrected chi connectivity index (χ3v) is 4.00. The van der Waals surface area contributed by atoms with Crippen molar-refractivity contribution < 1.29 is 5.11 Å². The number of halogens is 1. The Labute approximate surface area is 104 Å². The molecule has 88 valence electrons. The van der Waals surface area contributed by atoms with Gasteiger partial charge in [-0.05, 0) is 43.6 Å². The van der Waals surface area contributed by atoms with E-state index in [4.69, 9.17) is 5.73 Å². The van der Waals surface area contributed by atoms with Crippen molar-refractivity contribution in [1.29, 1.82) is 0 Å². The highest BCUT2D eigenvalue weighted by atomic mass is 79.9. The molecule has 0 aliphatic carbocycles. The summed E-state index contributed by atoms with van der Waals surface area (Å²) in [5.74, 6) is 0.877. The molecule has 2 rings (SSSR count). The van der Waals surface area contributed by atoms with E-state index in [1.54, 1.807) is 12.1 Å². The quantitative estimate of drug-likeness (QED) is 0.875. The lowest BCUT2D eigenvalue weighted by molar-refractivity contribution is 0.312. The molecule has 1 saturated heterocycles. The van der Waals surface area contributed by atoms with Gasteiger partial charge in [0.2, 0.25) is 0 Å². The van der Waals surface area contributed by atoms with Crippen LogP contribution < -0.4 is 5.73 Å². The van der Waals surface area contributed by atoms with E-state index < -0.39 is 0 Å². The maximum absolute atomic E-state index is 9.38. The zero-order chi connectivity index (χ0) is 11.7. The van der Waals surface area contributed by atoms with Crippen LogP contribution in [0.4, 0.5) is 0 Å². The fraction of sp³-hybridized carbons (Fsp3) is 0.500. The van der Waals surface area contributed by atoms with Crippen molar-refractivity contribution in [2.45, 2.75) is 12.5 Å². The molecule has 0 amide bonds. The molecule has 0 radical (unpaired) electrons. The number of likely N-dealkylation sites (tertiary alicyclic amines) is 1. The summed E-state index contributed by atoms with van der Waals surface area (Å²) in [5, 5.41) is 9.38. The Morgan fingerprint density at radius 2 is 2.31 bits per heavy atom. The van der Waals surface area contributed by atoms with Crippen LogP contribution >= 0.6 is 15.9 Å². The largest absolute Gasteiger partial charge is 0.508 e. The zero-order valence-electron chi connectivity index (χ0n) is 9.36. The summed E-state index contributed by atoms with van der Waals surface area (Å²) in [6.45, 7) is 1.80. The molecule has 1 aromatic carbocycles. The third-order valence-electron chi connectivity index (χ3n) is 3.31. The Morgan fingerprint density at radius 3 is 2.88 bits per heavy atom. The zero-order valence-corrected chi connectivity index (χ0v) is 10.9. The molecule has 2 unspecified atom stereocenters. The second-order valence-corrected chi connectivity index (χ2v) is 5.35. The first-order valence-corrected chi connectivity index (χ1v) is 6.30. The molecule has 3 nitrogen and oxygen atoms in total. The smallest absolute Gasteiger partial charge is 0.116 e. The van der Waals surface area contributed by atoms with Crippen LogP contribution in [0, 0.1) is 5.92 Å². The van der Waals surface area contributed by atoms with Gasteiger partial charge in [-0.25, -0.2) is 0 Å². The highest BCUT2D eigenvalue weighted by Crippen LogP contribution is 2.38. The van der Waals surface area contributed by atoms with Crippen molar-refractivity contribution >= 4 is 15.9 Å². The molecule has 3 N–H and O–H groups in total. The first-order chi connectivity index (χ1) is 7.61. The normalized spacial score (nSPS) is 26.2. The van der Waals surface area contributed by atoms with Crippen LogP contribution in [0.2, 0.25) is 0 Å². The lowest BCUT2D eigenvalue weighted by Gasteiger charge is -2.20. The van der Waals surface area contributed by atoms with E-state index >= 15 is 0 Å². The van der Waals surface area contributed by atoms with Crippen LogP contribution in [0.1, 0.15) is 18.0 Å². The first kappa shape index (κ1) is 11.9. The number of hydrogen-bond donors (Lipinski definition) is 2. The molecule has 1 heterocycles. The topological polar surface area (TPSA) is 49.5 Å². The van der Waals surface area contributed by atoms with Gasteiger partial charge >= 0.3 is 0 Å². The molecule has 1 aliphatic heterocycles. The summed E-state index contributed by atoms with van der Waals surface area (Å²) in [7, 11) is 2.12. The highest BCUT2D eigenvalue weighted by Gasteiger charge is 2.30.